The minimum absolute atomic E-state index is 0.178. The number of likely N-dealkylation sites (tertiary alicyclic amines) is 1. The number of amides is 1. The Hall–Kier alpha value is -2.54. The van der Waals surface area contributed by atoms with E-state index >= 15 is 0 Å². The summed E-state index contributed by atoms with van der Waals surface area (Å²) in [5.74, 6) is 2.13. The molecule has 7 heteroatoms. The Morgan fingerprint density at radius 1 is 1.21 bits per heavy atom. The largest absolute Gasteiger partial charge is 0.469 e. The van der Waals surface area contributed by atoms with Gasteiger partial charge in [0.05, 0.1) is 24.1 Å². The van der Waals surface area contributed by atoms with Crippen molar-refractivity contribution in [3.63, 3.8) is 0 Å². The van der Waals surface area contributed by atoms with E-state index in [1.54, 1.807) is 6.26 Å². The Morgan fingerprint density at radius 3 is 2.76 bits per heavy atom. The van der Waals surface area contributed by atoms with Gasteiger partial charge in [-0.1, -0.05) is 42.1 Å². The molecular formula is C22H26N4O2S. The number of carbonyl (C=O) groups excluding carboxylic acids is 1. The van der Waals surface area contributed by atoms with Crippen molar-refractivity contribution in [1.29, 1.82) is 0 Å². The number of aryl methyl sites for hydroxylation is 1. The van der Waals surface area contributed by atoms with Gasteiger partial charge in [0.2, 0.25) is 5.91 Å². The number of benzene rings is 1. The molecule has 0 N–H and O–H groups in total. The summed E-state index contributed by atoms with van der Waals surface area (Å²) in [4.78, 5) is 14.8. The number of furan rings is 1. The highest BCUT2D eigenvalue weighted by molar-refractivity contribution is 7.99. The van der Waals surface area contributed by atoms with Crippen molar-refractivity contribution in [2.45, 2.75) is 50.9 Å². The molecule has 1 fully saturated rings. The van der Waals surface area contributed by atoms with Gasteiger partial charge in [0.1, 0.15) is 5.76 Å². The Morgan fingerprint density at radius 2 is 2.03 bits per heavy atom. The summed E-state index contributed by atoms with van der Waals surface area (Å²) >= 11 is 1.46. The normalized spacial score (nSPS) is 16.9. The topological polar surface area (TPSA) is 64.2 Å². The predicted molar refractivity (Wildman–Crippen MR) is 114 cm³/mol. The van der Waals surface area contributed by atoms with Gasteiger partial charge in [-0.25, -0.2) is 0 Å². The first-order valence-electron chi connectivity index (χ1n) is 10.1. The van der Waals surface area contributed by atoms with Gasteiger partial charge in [0, 0.05) is 12.6 Å². The van der Waals surface area contributed by atoms with E-state index in [4.69, 9.17) is 4.42 Å². The second-order valence-electron chi connectivity index (χ2n) is 7.49. The van der Waals surface area contributed by atoms with E-state index in [-0.39, 0.29) is 5.91 Å². The highest BCUT2D eigenvalue weighted by Gasteiger charge is 2.24. The minimum Gasteiger partial charge on any atom is -0.469 e. The predicted octanol–water partition coefficient (Wildman–Crippen LogP) is 4.39. The zero-order valence-electron chi connectivity index (χ0n) is 16.9. The number of piperidine rings is 1. The molecule has 1 aromatic carbocycles. The number of aromatic nitrogens is 3. The molecule has 1 atom stereocenters. The average Bonchev–Trinajstić information content (AvgIpc) is 3.33. The third-order valence-corrected chi connectivity index (χ3v) is 6.40. The third-order valence-electron chi connectivity index (χ3n) is 5.45. The van der Waals surface area contributed by atoms with Gasteiger partial charge in [-0.15, -0.1) is 10.2 Å². The molecule has 3 aromatic rings. The lowest BCUT2D eigenvalue weighted by molar-refractivity contribution is -0.131. The number of nitrogens with zero attached hydrogens (tertiary/aromatic N) is 4. The molecule has 2 aromatic heterocycles. The fourth-order valence-corrected chi connectivity index (χ4v) is 4.62. The molecule has 1 unspecified atom stereocenters. The van der Waals surface area contributed by atoms with Crippen LogP contribution in [-0.4, -0.2) is 43.9 Å². The van der Waals surface area contributed by atoms with Crippen molar-refractivity contribution in [2.24, 2.45) is 0 Å². The van der Waals surface area contributed by atoms with Crippen molar-refractivity contribution in [3.8, 4) is 11.4 Å². The van der Waals surface area contributed by atoms with Crippen LogP contribution < -0.4 is 0 Å². The molecule has 1 aliphatic heterocycles. The number of thioether (sulfide) groups is 1. The summed E-state index contributed by atoms with van der Waals surface area (Å²) < 4.78 is 7.55. The molecule has 1 aliphatic rings. The van der Waals surface area contributed by atoms with Gasteiger partial charge in [0.25, 0.3) is 0 Å². The van der Waals surface area contributed by atoms with Crippen LogP contribution in [0.3, 0.4) is 0 Å². The van der Waals surface area contributed by atoms with Crippen LogP contribution in [0.1, 0.15) is 37.5 Å². The quantitative estimate of drug-likeness (QED) is 0.564. The maximum absolute atomic E-state index is 12.8. The van der Waals surface area contributed by atoms with Crippen molar-refractivity contribution in [2.75, 3.05) is 12.3 Å². The molecule has 0 radical (unpaired) electrons. The van der Waals surface area contributed by atoms with E-state index in [2.05, 4.69) is 33.8 Å². The molecule has 1 saturated heterocycles. The fourth-order valence-electron chi connectivity index (χ4n) is 3.80. The number of carbonyl (C=O) groups is 1. The zero-order chi connectivity index (χ0) is 20.2. The van der Waals surface area contributed by atoms with Gasteiger partial charge in [-0.05, 0) is 44.7 Å². The Balaban J connectivity index is 1.57. The van der Waals surface area contributed by atoms with Crippen LogP contribution in [0.25, 0.3) is 11.4 Å². The van der Waals surface area contributed by atoms with E-state index in [9.17, 15) is 4.79 Å². The molecule has 0 bridgehead atoms. The highest BCUT2D eigenvalue weighted by Crippen LogP contribution is 2.28. The number of hydrogen-bond donors (Lipinski definition) is 0. The van der Waals surface area contributed by atoms with Gasteiger partial charge in [0.15, 0.2) is 11.0 Å². The molecule has 152 valence electrons. The lowest BCUT2D eigenvalue weighted by atomic mass is 10.0. The SMILES string of the molecule is Cc1occc1-c1nnc(SCC(=O)N2CCCCC2C)n1Cc1ccccc1. The summed E-state index contributed by atoms with van der Waals surface area (Å²) in [7, 11) is 0. The lowest BCUT2D eigenvalue weighted by Crippen LogP contribution is -2.43. The average molecular weight is 411 g/mol. The molecule has 3 heterocycles. The molecule has 0 aliphatic carbocycles. The molecule has 4 rings (SSSR count). The summed E-state index contributed by atoms with van der Waals surface area (Å²) in [6.45, 7) is 5.56. The monoisotopic (exact) mass is 410 g/mol. The van der Waals surface area contributed by atoms with Crippen LogP contribution in [0, 0.1) is 6.92 Å². The van der Waals surface area contributed by atoms with Crippen LogP contribution in [-0.2, 0) is 11.3 Å². The van der Waals surface area contributed by atoms with Crippen LogP contribution in [0.15, 0.2) is 52.2 Å². The maximum Gasteiger partial charge on any atom is 0.233 e. The van der Waals surface area contributed by atoms with Crippen LogP contribution in [0.5, 0.6) is 0 Å². The summed E-state index contributed by atoms with van der Waals surface area (Å²) in [5, 5.41) is 9.59. The van der Waals surface area contributed by atoms with Crippen molar-refractivity contribution in [1.82, 2.24) is 19.7 Å². The minimum atomic E-state index is 0.178. The molecule has 6 nitrogen and oxygen atoms in total. The van der Waals surface area contributed by atoms with Crippen LogP contribution >= 0.6 is 11.8 Å². The zero-order valence-corrected chi connectivity index (χ0v) is 17.7. The Kier molecular flexibility index (Phi) is 6.04. The van der Waals surface area contributed by atoms with E-state index < -0.39 is 0 Å². The Labute approximate surface area is 175 Å². The first-order valence-corrected chi connectivity index (χ1v) is 11.1. The van der Waals surface area contributed by atoms with Gasteiger partial charge < -0.3 is 9.32 Å². The smallest absolute Gasteiger partial charge is 0.233 e. The van der Waals surface area contributed by atoms with E-state index in [0.717, 1.165) is 47.3 Å². The standard InChI is InChI=1S/C22H26N4O2S/c1-16-8-6-7-12-25(16)20(27)15-29-22-24-23-21(19-11-13-28-17(19)2)26(22)14-18-9-4-3-5-10-18/h3-5,9-11,13,16H,6-8,12,14-15H2,1-2H3. The van der Waals surface area contributed by atoms with Crippen LogP contribution in [0.2, 0.25) is 0 Å². The molecular weight excluding hydrogens is 384 g/mol. The molecule has 0 saturated carbocycles. The van der Waals surface area contributed by atoms with Crippen molar-refractivity contribution in [3.05, 3.63) is 54.0 Å². The van der Waals surface area contributed by atoms with Gasteiger partial charge >= 0.3 is 0 Å². The van der Waals surface area contributed by atoms with E-state index in [1.807, 2.05) is 36.1 Å². The fraction of sp³-hybridized carbons (Fsp3) is 0.409. The van der Waals surface area contributed by atoms with Gasteiger partial charge in [-0.2, -0.15) is 0 Å². The number of rotatable bonds is 6. The summed E-state index contributed by atoms with van der Waals surface area (Å²) in [6.07, 6.45) is 5.05. The first kappa shape index (κ1) is 19.8. The molecule has 0 spiro atoms. The summed E-state index contributed by atoms with van der Waals surface area (Å²) in [6, 6.07) is 12.5. The number of hydrogen-bond acceptors (Lipinski definition) is 5. The Bertz CT molecular complexity index is 966. The van der Waals surface area contributed by atoms with Crippen LogP contribution in [0.4, 0.5) is 0 Å². The van der Waals surface area contributed by atoms with E-state index in [1.165, 1.54) is 18.2 Å². The van der Waals surface area contributed by atoms with Gasteiger partial charge in [-0.3, -0.25) is 9.36 Å². The van der Waals surface area contributed by atoms with E-state index in [0.29, 0.717) is 18.3 Å². The molecule has 29 heavy (non-hydrogen) atoms. The second-order valence-corrected chi connectivity index (χ2v) is 8.43. The lowest BCUT2D eigenvalue weighted by Gasteiger charge is -2.33. The van der Waals surface area contributed by atoms with Crippen molar-refractivity contribution >= 4 is 17.7 Å². The summed E-state index contributed by atoms with van der Waals surface area (Å²) in [5.41, 5.74) is 2.09. The highest BCUT2D eigenvalue weighted by atomic mass is 32.2. The second kappa shape index (κ2) is 8.86. The molecule has 1 amide bonds. The maximum atomic E-state index is 12.8. The van der Waals surface area contributed by atoms with Crippen molar-refractivity contribution < 1.29 is 9.21 Å². The first-order chi connectivity index (χ1) is 14.1. The third kappa shape index (κ3) is 4.40.